The van der Waals surface area contributed by atoms with Crippen molar-refractivity contribution in [1.29, 1.82) is 5.26 Å². The predicted octanol–water partition coefficient (Wildman–Crippen LogP) is 4.05. The molecule has 3 aromatic rings. The van der Waals surface area contributed by atoms with Crippen LogP contribution in [0.1, 0.15) is 26.5 Å². The van der Waals surface area contributed by atoms with Gasteiger partial charge in [-0.1, -0.05) is 23.7 Å². The number of halogens is 1. The average molecular weight is 475 g/mol. The lowest BCUT2D eigenvalue weighted by molar-refractivity contribution is 0.0977. The predicted molar refractivity (Wildman–Crippen MR) is 122 cm³/mol. The molecule has 31 heavy (non-hydrogen) atoms. The second-order valence-corrected chi connectivity index (χ2v) is 10.2. The number of benzene rings is 2. The number of carbonyl (C=O) groups is 1. The summed E-state index contributed by atoms with van der Waals surface area (Å²) in [6, 6.07) is 16.7. The van der Waals surface area contributed by atoms with Gasteiger partial charge in [0.2, 0.25) is 10.0 Å². The molecule has 7 nitrogen and oxygen atoms in total. The number of sulfonamides is 1. The van der Waals surface area contributed by atoms with Gasteiger partial charge >= 0.3 is 0 Å². The highest BCUT2D eigenvalue weighted by molar-refractivity contribution is 7.89. The SMILES string of the molecule is Cc1sc(N(CCc2ccc(Cl)cc2)c2ccc(C#N)cc2)nc1C(=O)NS(C)(=O)=O. The summed E-state index contributed by atoms with van der Waals surface area (Å²) in [5.74, 6) is -0.764. The first-order chi connectivity index (χ1) is 14.7. The van der Waals surface area contributed by atoms with Gasteiger partial charge in [-0.2, -0.15) is 5.26 Å². The molecule has 0 unspecified atom stereocenters. The van der Waals surface area contributed by atoms with Gasteiger partial charge < -0.3 is 4.90 Å². The first-order valence-corrected chi connectivity index (χ1v) is 12.3. The monoisotopic (exact) mass is 474 g/mol. The van der Waals surface area contributed by atoms with Crippen molar-refractivity contribution in [2.24, 2.45) is 0 Å². The summed E-state index contributed by atoms with van der Waals surface area (Å²) in [7, 11) is -3.70. The molecule has 0 aliphatic carbocycles. The summed E-state index contributed by atoms with van der Waals surface area (Å²) in [5, 5.41) is 10.3. The Morgan fingerprint density at radius 1 is 1.19 bits per heavy atom. The zero-order valence-corrected chi connectivity index (χ0v) is 19.2. The molecule has 10 heteroatoms. The summed E-state index contributed by atoms with van der Waals surface area (Å²) in [6.07, 6.45) is 1.60. The van der Waals surface area contributed by atoms with Gasteiger partial charge in [0.15, 0.2) is 5.13 Å². The van der Waals surface area contributed by atoms with E-state index < -0.39 is 15.9 Å². The fraction of sp³-hybridized carbons (Fsp3) is 0.190. The largest absolute Gasteiger partial charge is 0.317 e. The van der Waals surface area contributed by atoms with Crippen LogP contribution in [-0.2, 0) is 16.4 Å². The Kier molecular flexibility index (Phi) is 6.95. The second kappa shape index (κ2) is 9.47. The highest BCUT2D eigenvalue weighted by atomic mass is 35.5. The Balaban J connectivity index is 1.93. The lowest BCUT2D eigenvalue weighted by Gasteiger charge is -2.22. The molecule has 160 valence electrons. The number of nitriles is 1. The molecule has 0 spiro atoms. The summed E-state index contributed by atoms with van der Waals surface area (Å²) in [6.45, 7) is 2.27. The van der Waals surface area contributed by atoms with E-state index in [0.29, 0.717) is 33.6 Å². The smallest absolute Gasteiger partial charge is 0.284 e. The van der Waals surface area contributed by atoms with Crippen LogP contribution in [0.5, 0.6) is 0 Å². The van der Waals surface area contributed by atoms with Crippen molar-refractivity contribution in [3.63, 3.8) is 0 Å². The zero-order valence-electron chi connectivity index (χ0n) is 16.8. The van der Waals surface area contributed by atoms with E-state index in [1.165, 1.54) is 11.3 Å². The van der Waals surface area contributed by atoms with Crippen molar-refractivity contribution in [2.75, 3.05) is 17.7 Å². The van der Waals surface area contributed by atoms with Crippen LogP contribution in [0, 0.1) is 18.3 Å². The fourth-order valence-electron chi connectivity index (χ4n) is 2.87. The number of aryl methyl sites for hydroxylation is 1. The number of aromatic nitrogens is 1. The summed E-state index contributed by atoms with van der Waals surface area (Å²) in [4.78, 5) is 19.3. The number of amides is 1. The van der Waals surface area contributed by atoms with E-state index in [2.05, 4.69) is 11.1 Å². The summed E-state index contributed by atoms with van der Waals surface area (Å²) >= 11 is 7.26. The van der Waals surface area contributed by atoms with Crippen LogP contribution >= 0.6 is 22.9 Å². The van der Waals surface area contributed by atoms with Crippen LogP contribution < -0.4 is 9.62 Å². The Bertz CT molecular complexity index is 1230. The third-order valence-electron chi connectivity index (χ3n) is 4.35. The maximum Gasteiger partial charge on any atom is 0.284 e. The Labute approximate surface area is 190 Å². The molecular weight excluding hydrogens is 456 g/mol. The van der Waals surface area contributed by atoms with E-state index in [0.717, 1.165) is 17.5 Å². The van der Waals surface area contributed by atoms with Crippen LogP contribution in [0.3, 0.4) is 0 Å². The Morgan fingerprint density at radius 3 is 2.42 bits per heavy atom. The van der Waals surface area contributed by atoms with Gasteiger partial charge in [0.05, 0.1) is 17.9 Å². The summed E-state index contributed by atoms with van der Waals surface area (Å²) in [5.41, 5.74) is 2.48. The minimum atomic E-state index is -3.70. The van der Waals surface area contributed by atoms with Crippen molar-refractivity contribution < 1.29 is 13.2 Å². The highest BCUT2D eigenvalue weighted by Crippen LogP contribution is 2.32. The topological polar surface area (TPSA) is 103 Å². The first-order valence-electron chi connectivity index (χ1n) is 9.18. The van der Waals surface area contributed by atoms with Gasteiger partial charge in [-0.05, 0) is 55.3 Å². The lowest BCUT2D eigenvalue weighted by Crippen LogP contribution is -2.30. The van der Waals surface area contributed by atoms with Crippen LogP contribution in [0.4, 0.5) is 10.8 Å². The molecule has 0 fully saturated rings. The molecule has 0 saturated carbocycles. The number of rotatable bonds is 7. The van der Waals surface area contributed by atoms with E-state index in [1.807, 2.05) is 46.0 Å². The average Bonchev–Trinajstić information content (AvgIpc) is 3.10. The molecule has 0 aliphatic rings. The number of carbonyl (C=O) groups excluding carboxylic acids is 1. The Hall–Kier alpha value is -2.93. The molecule has 0 saturated heterocycles. The highest BCUT2D eigenvalue weighted by Gasteiger charge is 2.22. The number of hydrogen-bond acceptors (Lipinski definition) is 7. The standard InChI is InChI=1S/C21H19ClN4O3S2/c1-14-19(20(27)25-31(2,28)29)24-21(30-14)26(18-9-5-16(13-23)6-10-18)12-11-15-3-7-17(22)8-4-15/h3-10H,11-12H2,1-2H3,(H,25,27). The number of nitrogens with zero attached hydrogens (tertiary/aromatic N) is 3. The van der Waals surface area contributed by atoms with Crippen molar-refractivity contribution in [3.05, 3.63) is 75.3 Å². The van der Waals surface area contributed by atoms with Gasteiger partial charge in [-0.25, -0.2) is 18.1 Å². The van der Waals surface area contributed by atoms with Gasteiger partial charge in [0, 0.05) is 22.1 Å². The third-order valence-corrected chi connectivity index (χ3v) is 6.16. The van der Waals surface area contributed by atoms with Crippen LogP contribution in [0.25, 0.3) is 0 Å². The zero-order chi connectivity index (χ0) is 22.6. The van der Waals surface area contributed by atoms with Crippen molar-refractivity contribution >= 4 is 49.7 Å². The number of hydrogen-bond donors (Lipinski definition) is 1. The van der Waals surface area contributed by atoms with E-state index in [4.69, 9.17) is 16.9 Å². The van der Waals surface area contributed by atoms with Crippen LogP contribution in [0.2, 0.25) is 5.02 Å². The van der Waals surface area contributed by atoms with Crippen molar-refractivity contribution in [2.45, 2.75) is 13.3 Å². The van der Waals surface area contributed by atoms with E-state index in [-0.39, 0.29) is 5.69 Å². The quantitative estimate of drug-likeness (QED) is 0.554. The maximum absolute atomic E-state index is 12.3. The number of nitrogens with one attached hydrogen (secondary N) is 1. The molecule has 0 radical (unpaired) electrons. The molecule has 0 atom stereocenters. The normalized spacial score (nSPS) is 11.0. The van der Waals surface area contributed by atoms with Gasteiger partial charge in [-0.3, -0.25) is 4.79 Å². The van der Waals surface area contributed by atoms with Gasteiger partial charge in [-0.15, -0.1) is 11.3 Å². The number of thiazole rings is 1. The summed E-state index contributed by atoms with van der Waals surface area (Å²) < 4.78 is 24.8. The van der Waals surface area contributed by atoms with Crippen LogP contribution in [0.15, 0.2) is 48.5 Å². The van der Waals surface area contributed by atoms with E-state index in [1.54, 1.807) is 19.1 Å². The first kappa shape index (κ1) is 22.7. The molecule has 1 amide bonds. The molecular formula is C21H19ClN4O3S2. The van der Waals surface area contributed by atoms with Crippen molar-refractivity contribution in [3.8, 4) is 6.07 Å². The molecule has 2 aromatic carbocycles. The third kappa shape index (κ3) is 6.04. The fourth-order valence-corrected chi connectivity index (χ4v) is 4.38. The minimum Gasteiger partial charge on any atom is -0.317 e. The number of anilines is 2. The molecule has 0 bridgehead atoms. The maximum atomic E-state index is 12.3. The molecule has 1 N–H and O–H groups in total. The Morgan fingerprint density at radius 2 is 1.84 bits per heavy atom. The molecule has 1 heterocycles. The van der Waals surface area contributed by atoms with Gasteiger partial charge in [0.1, 0.15) is 5.69 Å². The van der Waals surface area contributed by atoms with E-state index >= 15 is 0 Å². The van der Waals surface area contributed by atoms with E-state index in [9.17, 15) is 13.2 Å². The molecule has 1 aromatic heterocycles. The van der Waals surface area contributed by atoms with Gasteiger partial charge in [0.25, 0.3) is 5.91 Å². The van der Waals surface area contributed by atoms with Crippen molar-refractivity contribution in [1.82, 2.24) is 9.71 Å². The molecule has 0 aliphatic heterocycles. The lowest BCUT2D eigenvalue weighted by atomic mass is 10.1. The molecule has 3 rings (SSSR count). The second-order valence-electron chi connectivity index (χ2n) is 6.79. The van der Waals surface area contributed by atoms with Crippen LogP contribution in [-0.4, -0.2) is 32.1 Å². The minimum absolute atomic E-state index is 0.0653.